The van der Waals surface area contributed by atoms with Crippen LogP contribution in [0, 0.1) is 0 Å². The summed E-state index contributed by atoms with van der Waals surface area (Å²) in [7, 11) is -0.787. The fraction of sp³-hybridized carbons (Fsp3) is 0.467. The SMILES string of the molecule is COc1ccc(OC)c(S(=O)(=O)NC2CCc3nncn3CC2)c1. The van der Waals surface area contributed by atoms with E-state index in [0.717, 1.165) is 5.82 Å². The molecule has 1 unspecified atom stereocenters. The van der Waals surface area contributed by atoms with Crippen molar-refractivity contribution in [3.05, 3.63) is 30.4 Å². The predicted octanol–water partition coefficient (Wildman–Crippen LogP) is 0.979. The first kappa shape index (κ1) is 16.7. The maximum absolute atomic E-state index is 12.8. The summed E-state index contributed by atoms with van der Waals surface area (Å²) in [6.45, 7) is 0.685. The molecule has 0 aliphatic carbocycles. The molecule has 8 nitrogen and oxygen atoms in total. The van der Waals surface area contributed by atoms with E-state index in [4.69, 9.17) is 9.47 Å². The number of hydrogen-bond acceptors (Lipinski definition) is 6. The molecule has 0 saturated heterocycles. The van der Waals surface area contributed by atoms with Gasteiger partial charge in [-0.05, 0) is 25.0 Å². The van der Waals surface area contributed by atoms with Crippen molar-refractivity contribution in [1.29, 1.82) is 0 Å². The number of nitrogens with one attached hydrogen (secondary N) is 1. The van der Waals surface area contributed by atoms with Crippen LogP contribution in [0.25, 0.3) is 0 Å². The van der Waals surface area contributed by atoms with Gasteiger partial charge >= 0.3 is 0 Å². The van der Waals surface area contributed by atoms with Crippen LogP contribution in [0.1, 0.15) is 18.7 Å². The summed E-state index contributed by atoms with van der Waals surface area (Å²) in [5.74, 6) is 1.63. The van der Waals surface area contributed by atoms with Gasteiger partial charge in [0.15, 0.2) is 0 Å². The highest BCUT2D eigenvalue weighted by Gasteiger charge is 2.26. The van der Waals surface area contributed by atoms with E-state index in [0.29, 0.717) is 31.6 Å². The number of hydrogen-bond donors (Lipinski definition) is 1. The fourth-order valence-electron chi connectivity index (χ4n) is 2.80. The minimum Gasteiger partial charge on any atom is -0.497 e. The van der Waals surface area contributed by atoms with Gasteiger partial charge in [-0.1, -0.05) is 0 Å². The highest BCUT2D eigenvalue weighted by molar-refractivity contribution is 7.89. The van der Waals surface area contributed by atoms with Crippen LogP contribution in [0.15, 0.2) is 29.4 Å². The van der Waals surface area contributed by atoms with Crippen LogP contribution in [0.2, 0.25) is 0 Å². The summed E-state index contributed by atoms with van der Waals surface area (Å²) in [6.07, 6.45) is 3.71. The summed E-state index contributed by atoms with van der Waals surface area (Å²) in [4.78, 5) is 0.0769. The Kier molecular flexibility index (Phi) is 4.72. The van der Waals surface area contributed by atoms with E-state index in [1.807, 2.05) is 4.57 Å². The average molecular weight is 352 g/mol. The van der Waals surface area contributed by atoms with Gasteiger partial charge in [-0.3, -0.25) is 0 Å². The summed E-state index contributed by atoms with van der Waals surface area (Å²) >= 11 is 0. The minimum absolute atomic E-state index is 0.0769. The molecule has 130 valence electrons. The number of rotatable bonds is 5. The molecule has 0 bridgehead atoms. The van der Waals surface area contributed by atoms with Crippen molar-refractivity contribution >= 4 is 10.0 Å². The number of aromatic nitrogens is 3. The van der Waals surface area contributed by atoms with Gasteiger partial charge in [-0.25, -0.2) is 13.1 Å². The monoisotopic (exact) mass is 352 g/mol. The number of ether oxygens (including phenoxy) is 2. The molecule has 2 heterocycles. The molecule has 24 heavy (non-hydrogen) atoms. The van der Waals surface area contributed by atoms with Gasteiger partial charge in [0.25, 0.3) is 0 Å². The largest absolute Gasteiger partial charge is 0.497 e. The number of aryl methyl sites for hydroxylation is 2. The predicted molar refractivity (Wildman–Crippen MR) is 86.6 cm³/mol. The molecule has 1 aromatic carbocycles. The summed E-state index contributed by atoms with van der Waals surface area (Å²) in [6, 6.07) is 4.54. The molecule has 0 spiro atoms. The summed E-state index contributed by atoms with van der Waals surface area (Å²) in [5.41, 5.74) is 0. The maximum atomic E-state index is 12.8. The molecule has 0 amide bonds. The molecular weight excluding hydrogens is 332 g/mol. The Balaban J connectivity index is 1.80. The first-order chi connectivity index (χ1) is 11.5. The molecule has 1 N–H and O–H groups in total. The van der Waals surface area contributed by atoms with Crippen LogP contribution in [-0.2, 0) is 23.0 Å². The Bertz CT molecular complexity index is 796. The van der Waals surface area contributed by atoms with Crippen molar-refractivity contribution in [1.82, 2.24) is 19.5 Å². The molecule has 1 aromatic heterocycles. The molecule has 1 atom stereocenters. The van der Waals surface area contributed by atoms with Crippen LogP contribution in [0.3, 0.4) is 0 Å². The topological polar surface area (TPSA) is 95.3 Å². The number of benzene rings is 1. The van der Waals surface area contributed by atoms with Crippen LogP contribution < -0.4 is 14.2 Å². The normalized spacial score (nSPS) is 17.8. The zero-order valence-electron chi connectivity index (χ0n) is 13.6. The summed E-state index contributed by atoms with van der Waals surface area (Å²) < 4.78 is 40.6. The lowest BCUT2D eigenvalue weighted by Gasteiger charge is -2.18. The van der Waals surface area contributed by atoms with E-state index in [-0.39, 0.29) is 16.7 Å². The second kappa shape index (κ2) is 6.78. The first-order valence-electron chi connectivity index (χ1n) is 7.64. The maximum Gasteiger partial charge on any atom is 0.244 e. The van der Waals surface area contributed by atoms with Gasteiger partial charge in [0, 0.05) is 25.1 Å². The Hall–Kier alpha value is -2.13. The number of fused-ring (bicyclic) bond motifs is 1. The molecule has 0 saturated carbocycles. The molecule has 9 heteroatoms. The fourth-order valence-corrected chi connectivity index (χ4v) is 4.29. The van der Waals surface area contributed by atoms with Gasteiger partial charge in [-0.2, -0.15) is 0 Å². The zero-order chi connectivity index (χ0) is 17.2. The lowest BCUT2D eigenvalue weighted by molar-refractivity contribution is 0.391. The highest BCUT2D eigenvalue weighted by atomic mass is 32.2. The molecule has 3 rings (SSSR count). The van der Waals surface area contributed by atoms with Crippen molar-refractivity contribution in [2.45, 2.75) is 36.7 Å². The molecular formula is C15H20N4O4S. The van der Waals surface area contributed by atoms with Gasteiger partial charge in [0.2, 0.25) is 10.0 Å². The van der Waals surface area contributed by atoms with Crippen LogP contribution in [0.4, 0.5) is 0 Å². The summed E-state index contributed by atoms with van der Waals surface area (Å²) in [5, 5.41) is 7.93. The van der Waals surface area contributed by atoms with Gasteiger partial charge < -0.3 is 14.0 Å². The minimum atomic E-state index is -3.72. The second-order valence-electron chi connectivity index (χ2n) is 5.60. The van der Waals surface area contributed by atoms with Gasteiger partial charge in [0.1, 0.15) is 28.5 Å². The standard InChI is InChI=1S/C15H20N4O4S/c1-22-12-4-5-13(23-2)14(9-12)24(20,21)18-11-3-6-15-17-16-10-19(15)8-7-11/h4-5,9-11,18H,3,6-8H2,1-2H3. The van der Waals surface area contributed by atoms with Crippen molar-refractivity contribution in [2.75, 3.05) is 14.2 Å². The molecule has 1 aliphatic rings. The Labute approximate surface area is 140 Å². The molecule has 1 aliphatic heterocycles. The van der Waals surface area contributed by atoms with Crippen LogP contribution in [0.5, 0.6) is 11.5 Å². The van der Waals surface area contributed by atoms with E-state index in [2.05, 4.69) is 14.9 Å². The molecule has 2 aromatic rings. The van der Waals surface area contributed by atoms with E-state index in [9.17, 15) is 8.42 Å². The number of methoxy groups -OCH3 is 2. The third-order valence-electron chi connectivity index (χ3n) is 4.11. The van der Waals surface area contributed by atoms with Crippen LogP contribution in [-0.4, -0.2) is 43.4 Å². The quantitative estimate of drug-likeness (QED) is 0.862. The number of sulfonamides is 1. The van der Waals surface area contributed by atoms with Crippen molar-refractivity contribution in [3.63, 3.8) is 0 Å². The lowest BCUT2D eigenvalue weighted by atomic mass is 10.1. The highest BCUT2D eigenvalue weighted by Crippen LogP contribution is 2.28. The third kappa shape index (κ3) is 3.36. The Morgan fingerprint density at radius 2 is 2.08 bits per heavy atom. The Morgan fingerprint density at radius 3 is 2.83 bits per heavy atom. The molecule has 0 radical (unpaired) electrons. The van der Waals surface area contributed by atoms with E-state index >= 15 is 0 Å². The Morgan fingerprint density at radius 1 is 1.25 bits per heavy atom. The van der Waals surface area contributed by atoms with Crippen molar-refractivity contribution < 1.29 is 17.9 Å². The average Bonchev–Trinajstić information content (AvgIpc) is 2.96. The lowest BCUT2D eigenvalue weighted by Crippen LogP contribution is -2.35. The van der Waals surface area contributed by atoms with Gasteiger partial charge in [-0.15, -0.1) is 10.2 Å². The van der Waals surface area contributed by atoms with E-state index in [1.54, 1.807) is 18.5 Å². The van der Waals surface area contributed by atoms with Crippen molar-refractivity contribution in [2.24, 2.45) is 0 Å². The van der Waals surface area contributed by atoms with E-state index in [1.165, 1.54) is 20.3 Å². The van der Waals surface area contributed by atoms with Crippen molar-refractivity contribution in [3.8, 4) is 11.5 Å². The van der Waals surface area contributed by atoms with E-state index < -0.39 is 10.0 Å². The molecule has 0 fully saturated rings. The van der Waals surface area contributed by atoms with Gasteiger partial charge in [0.05, 0.1) is 14.2 Å². The number of nitrogens with zero attached hydrogens (tertiary/aromatic N) is 3. The first-order valence-corrected chi connectivity index (χ1v) is 9.13. The smallest absolute Gasteiger partial charge is 0.244 e. The second-order valence-corrected chi connectivity index (χ2v) is 7.29. The zero-order valence-corrected chi connectivity index (χ0v) is 14.4. The van der Waals surface area contributed by atoms with Crippen LogP contribution >= 0.6 is 0 Å². The third-order valence-corrected chi connectivity index (χ3v) is 5.65.